The van der Waals surface area contributed by atoms with Crippen LogP contribution in [0.1, 0.15) is 25.7 Å². The van der Waals surface area contributed by atoms with E-state index in [1.54, 1.807) is 7.11 Å². The highest BCUT2D eigenvalue weighted by Crippen LogP contribution is 2.05. The van der Waals surface area contributed by atoms with Gasteiger partial charge in [0.1, 0.15) is 0 Å². The van der Waals surface area contributed by atoms with Crippen LogP contribution in [0.5, 0.6) is 0 Å². The van der Waals surface area contributed by atoms with Crippen LogP contribution in [0.2, 0.25) is 0 Å². The van der Waals surface area contributed by atoms with Gasteiger partial charge in [-0.25, -0.2) is 5.01 Å². The summed E-state index contributed by atoms with van der Waals surface area (Å²) in [6.45, 7) is 4.34. The zero-order valence-corrected chi connectivity index (χ0v) is 8.01. The molecule has 0 unspecified atom stereocenters. The molecule has 0 radical (unpaired) electrons. The molecule has 0 atom stereocenters. The molecular formula is C9H20N2O. The van der Waals surface area contributed by atoms with Crippen LogP contribution < -0.4 is 5.43 Å². The molecular weight excluding hydrogens is 152 g/mol. The highest BCUT2D eigenvalue weighted by atomic mass is 16.5. The Kier molecular flexibility index (Phi) is 5.32. The van der Waals surface area contributed by atoms with Gasteiger partial charge in [0.25, 0.3) is 0 Å². The fraction of sp³-hybridized carbons (Fsp3) is 1.00. The number of hydrazine groups is 1. The maximum atomic E-state index is 4.97. The third-order valence-corrected chi connectivity index (χ3v) is 2.22. The largest absolute Gasteiger partial charge is 0.385 e. The summed E-state index contributed by atoms with van der Waals surface area (Å²) in [5.41, 5.74) is 3.41. The molecule has 0 saturated carbocycles. The maximum absolute atomic E-state index is 4.97. The number of hydrogen-bond donors (Lipinski definition) is 1. The van der Waals surface area contributed by atoms with Crippen molar-refractivity contribution < 1.29 is 4.74 Å². The molecule has 1 saturated heterocycles. The quantitative estimate of drug-likeness (QED) is 0.626. The summed E-state index contributed by atoms with van der Waals surface area (Å²) in [7, 11) is 1.75. The molecule has 3 nitrogen and oxygen atoms in total. The second-order valence-electron chi connectivity index (χ2n) is 3.30. The second kappa shape index (κ2) is 6.40. The number of ether oxygens (including phenoxy) is 1. The van der Waals surface area contributed by atoms with E-state index in [2.05, 4.69) is 10.4 Å². The van der Waals surface area contributed by atoms with Crippen molar-refractivity contribution in [2.24, 2.45) is 0 Å². The van der Waals surface area contributed by atoms with Gasteiger partial charge in [-0.1, -0.05) is 6.42 Å². The average molecular weight is 172 g/mol. The molecule has 0 aliphatic carbocycles. The molecule has 0 spiro atoms. The van der Waals surface area contributed by atoms with Gasteiger partial charge in [0.15, 0.2) is 0 Å². The first-order valence-corrected chi connectivity index (χ1v) is 4.91. The Morgan fingerprint density at radius 2 is 2.00 bits per heavy atom. The lowest BCUT2D eigenvalue weighted by molar-refractivity contribution is 0.138. The Balaban J connectivity index is 1.91. The minimum Gasteiger partial charge on any atom is -0.385 e. The molecule has 0 amide bonds. The lowest BCUT2D eigenvalue weighted by Crippen LogP contribution is -2.42. The van der Waals surface area contributed by atoms with Crippen molar-refractivity contribution in [3.63, 3.8) is 0 Å². The zero-order chi connectivity index (χ0) is 8.65. The van der Waals surface area contributed by atoms with Gasteiger partial charge in [-0.3, -0.25) is 5.43 Å². The molecule has 0 aromatic heterocycles. The number of nitrogens with zero attached hydrogens (tertiary/aromatic N) is 1. The summed E-state index contributed by atoms with van der Waals surface area (Å²) in [5, 5.41) is 2.33. The topological polar surface area (TPSA) is 24.5 Å². The van der Waals surface area contributed by atoms with Crippen LogP contribution in [0.15, 0.2) is 0 Å². The number of piperidine rings is 1. The summed E-state index contributed by atoms with van der Waals surface area (Å²) in [6.07, 6.45) is 5.19. The molecule has 1 aliphatic heterocycles. The minimum atomic E-state index is 0.862. The fourth-order valence-electron chi connectivity index (χ4n) is 1.51. The molecule has 0 aromatic rings. The summed E-state index contributed by atoms with van der Waals surface area (Å²) in [6, 6.07) is 0. The fourth-order valence-corrected chi connectivity index (χ4v) is 1.51. The monoisotopic (exact) mass is 172 g/mol. The van der Waals surface area contributed by atoms with Crippen molar-refractivity contribution in [2.75, 3.05) is 33.4 Å². The molecule has 1 N–H and O–H groups in total. The van der Waals surface area contributed by atoms with Crippen LogP contribution in [0, 0.1) is 0 Å². The summed E-state index contributed by atoms with van der Waals surface area (Å²) < 4.78 is 4.97. The third kappa shape index (κ3) is 4.04. The van der Waals surface area contributed by atoms with Crippen molar-refractivity contribution in [3.05, 3.63) is 0 Å². The summed E-state index contributed by atoms with van der Waals surface area (Å²) in [5.74, 6) is 0. The van der Waals surface area contributed by atoms with E-state index in [4.69, 9.17) is 4.74 Å². The van der Waals surface area contributed by atoms with Gasteiger partial charge in [0, 0.05) is 33.4 Å². The van der Waals surface area contributed by atoms with Gasteiger partial charge < -0.3 is 4.74 Å². The van der Waals surface area contributed by atoms with Gasteiger partial charge >= 0.3 is 0 Å². The van der Waals surface area contributed by atoms with Crippen molar-refractivity contribution in [1.82, 2.24) is 10.4 Å². The maximum Gasteiger partial charge on any atom is 0.0474 e. The first-order valence-electron chi connectivity index (χ1n) is 4.91. The number of hydrogen-bond acceptors (Lipinski definition) is 3. The van der Waals surface area contributed by atoms with E-state index in [9.17, 15) is 0 Å². The Hall–Kier alpha value is -0.120. The Morgan fingerprint density at radius 1 is 1.25 bits per heavy atom. The molecule has 1 fully saturated rings. The summed E-state index contributed by atoms with van der Waals surface area (Å²) >= 11 is 0. The molecule has 1 rings (SSSR count). The highest BCUT2D eigenvalue weighted by Gasteiger charge is 2.07. The Labute approximate surface area is 75.0 Å². The molecule has 1 heterocycles. The number of rotatable bonds is 5. The number of nitrogens with one attached hydrogen (secondary N) is 1. The van der Waals surface area contributed by atoms with Crippen molar-refractivity contribution >= 4 is 0 Å². The predicted molar refractivity (Wildman–Crippen MR) is 49.9 cm³/mol. The van der Waals surface area contributed by atoms with E-state index in [0.29, 0.717) is 0 Å². The first kappa shape index (κ1) is 9.96. The normalized spacial score (nSPS) is 19.8. The molecule has 0 bridgehead atoms. The van der Waals surface area contributed by atoms with Crippen LogP contribution >= 0.6 is 0 Å². The first-order chi connectivity index (χ1) is 5.93. The Morgan fingerprint density at radius 3 is 2.67 bits per heavy atom. The molecule has 1 aliphatic rings. The highest BCUT2D eigenvalue weighted by molar-refractivity contribution is 4.60. The van der Waals surface area contributed by atoms with Crippen LogP contribution in [-0.2, 0) is 4.74 Å². The average Bonchev–Trinajstić information content (AvgIpc) is 2.14. The van der Waals surface area contributed by atoms with E-state index < -0.39 is 0 Å². The van der Waals surface area contributed by atoms with Gasteiger partial charge in [0.05, 0.1) is 0 Å². The predicted octanol–water partition coefficient (Wildman–Crippen LogP) is 1.01. The van der Waals surface area contributed by atoms with Crippen LogP contribution in [0.3, 0.4) is 0 Å². The molecule has 12 heavy (non-hydrogen) atoms. The van der Waals surface area contributed by atoms with Crippen molar-refractivity contribution in [3.8, 4) is 0 Å². The van der Waals surface area contributed by atoms with E-state index in [1.807, 2.05) is 0 Å². The van der Waals surface area contributed by atoms with Crippen LogP contribution in [0.4, 0.5) is 0 Å². The van der Waals surface area contributed by atoms with Crippen molar-refractivity contribution in [2.45, 2.75) is 25.7 Å². The molecule has 72 valence electrons. The van der Waals surface area contributed by atoms with E-state index in [0.717, 1.165) is 19.6 Å². The lowest BCUT2D eigenvalue weighted by Gasteiger charge is -2.26. The second-order valence-corrected chi connectivity index (χ2v) is 3.30. The smallest absolute Gasteiger partial charge is 0.0474 e. The lowest BCUT2D eigenvalue weighted by atomic mass is 10.2. The zero-order valence-electron chi connectivity index (χ0n) is 8.01. The van der Waals surface area contributed by atoms with E-state index >= 15 is 0 Å². The SMILES string of the molecule is COCCCNN1CCCCC1. The molecule has 0 aromatic carbocycles. The number of methoxy groups -OCH3 is 1. The van der Waals surface area contributed by atoms with E-state index in [-0.39, 0.29) is 0 Å². The minimum absolute atomic E-state index is 0.862. The van der Waals surface area contributed by atoms with Crippen molar-refractivity contribution in [1.29, 1.82) is 0 Å². The van der Waals surface area contributed by atoms with Gasteiger partial charge in [0.2, 0.25) is 0 Å². The summed E-state index contributed by atoms with van der Waals surface area (Å²) in [4.78, 5) is 0. The van der Waals surface area contributed by atoms with Gasteiger partial charge in [-0.05, 0) is 19.3 Å². The Bertz CT molecular complexity index is 103. The standard InChI is InChI=1S/C9H20N2O/c1-12-9-5-6-10-11-7-3-2-4-8-11/h10H,2-9H2,1H3. The van der Waals surface area contributed by atoms with Gasteiger partial charge in [-0.2, -0.15) is 0 Å². The molecule has 3 heteroatoms. The van der Waals surface area contributed by atoms with Crippen LogP contribution in [-0.4, -0.2) is 38.4 Å². The third-order valence-electron chi connectivity index (χ3n) is 2.22. The van der Waals surface area contributed by atoms with Gasteiger partial charge in [-0.15, -0.1) is 0 Å². The van der Waals surface area contributed by atoms with E-state index in [1.165, 1.54) is 32.4 Å². The van der Waals surface area contributed by atoms with Crippen LogP contribution in [0.25, 0.3) is 0 Å².